The zero-order valence-corrected chi connectivity index (χ0v) is 7.88. The van der Waals surface area contributed by atoms with Gasteiger partial charge in [-0.15, -0.1) is 0 Å². The molecule has 0 saturated heterocycles. The van der Waals surface area contributed by atoms with E-state index in [1.54, 1.807) is 11.1 Å². The van der Waals surface area contributed by atoms with Gasteiger partial charge in [-0.25, -0.2) is 0 Å². The van der Waals surface area contributed by atoms with E-state index >= 15 is 0 Å². The number of hydrogen-bond donors (Lipinski definition) is 0. The number of rotatable bonds is 0. The Bertz CT molecular complexity index is 282. The van der Waals surface area contributed by atoms with E-state index in [9.17, 15) is 0 Å². The Morgan fingerprint density at radius 1 is 1.25 bits per heavy atom. The molecule has 0 aromatic carbocycles. The second-order valence-corrected chi connectivity index (χ2v) is 4.88. The first kappa shape index (κ1) is 6.94. The van der Waals surface area contributed by atoms with E-state index in [1.165, 1.54) is 12.8 Å². The zero-order chi connectivity index (χ0) is 8.29. The van der Waals surface area contributed by atoms with Crippen molar-refractivity contribution in [1.82, 2.24) is 0 Å². The third kappa shape index (κ3) is 0.688. The smallest absolute Gasteiger partial charge is 0.0128 e. The molecule has 3 aliphatic carbocycles. The van der Waals surface area contributed by atoms with Gasteiger partial charge in [0.1, 0.15) is 0 Å². The predicted octanol–water partition coefficient (Wildman–Crippen LogP) is 3.16. The van der Waals surface area contributed by atoms with Crippen LogP contribution in [0.4, 0.5) is 0 Å². The Morgan fingerprint density at radius 3 is 2.92 bits per heavy atom. The van der Waals surface area contributed by atoms with Crippen molar-refractivity contribution in [1.29, 1.82) is 0 Å². The first-order valence-electron chi connectivity index (χ1n) is 5.11. The van der Waals surface area contributed by atoms with Crippen LogP contribution in [0, 0.1) is 23.7 Å². The van der Waals surface area contributed by atoms with E-state index in [-0.39, 0.29) is 0 Å². The predicted molar refractivity (Wildman–Crippen MR) is 50.7 cm³/mol. The van der Waals surface area contributed by atoms with Gasteiger partial charge in [-0.05, 0) is 50.4 Å². The molecule has 0 aromatic heterocycles. The molecule has 0 radical (unpaired) electrons. The van der Waals surface area contributed by atoms with Gasteiger partial charge in [0.25, 0.3) is 0 Å². The Balaban J connectivity index is 2.00. The highest BCUT2D eigenvalue weighted by molar-refractivity contribution is 5.29. The topological polar surface area (TPSA) is 0 Å². The van der Waals surface area contributed by atoms with Crippen LogP contribution in [0.5, 0.6) is 0 Å². The second kappa shape index (κ2) is 2.04. The van der Waals surface area contributed by atoms with Crippen molar-refractivity contribution in [2.24, 2.45) is 23.7 Å². The molecule has 64 valence electrons. The molecule has 0 spiro atoms. The third-order valence-corrected chi connectivity index (χ3v) is 4.13. The van der Waals surface area contributed by atoms with Gasteiger partial charge in [-0.3, -0.25) is 0 Å². The third-order valence-electron chi connectivity index (χ3n) is 4.13. The highest BCUT2D eigenvalue weighted by atomic mass is 14.5. The molecule has 4 atom stereocenters. The van der Waals surface area contributed by atoms with Crippen molar-refractivity contribution in [3.05, 3.63) is 23.3 Å². The van der Waals surface area contributed by atoms with Crippen molar-refractivity contribution < 1.29 is 0 Å². The Morgan fingerprint density at radius 2 is 2.08 bits per heavy atom. The molecular weight excluding hydrogens is 144 g/mol. The highest BCUT2D eigenvalue weighted by Gasteiger charge is 2.47. The van der Waals surface area contributed by atoms with Gasteiger partial charge in [0.15, 0.2) is 0 Å². The molecule has 2 bridgehead atoms. The molecule has 0 amide bonds. The summed E-state index contributed by atoms with van der Waals surface area (Å²) in [4.78, 5) is 0. The van der Waals surface area contributed by atoms with E-state index in [0.29, 0.717) is 0 Å². The summed E-state index contributed by atoms with van der Waals surface area (Å²) in [5.41, 5.74) is 3.31. The average Bonchev–Trinajstić information content (AvgIpc) is 2.57. The van der Waals surface area contributed by atoms with E-state index in [1.807, 2.05) is 0 Å². The van der Waals surface area contributed by atoms with Crippen molar-refractivity contribution >= 4 is 0 Å². The Labute approximate surface area is 74.4 Å². The molecule has 0 heteroatoms. The Kier molecular flexibility index (Phi) is 1.18. The highest BCUT2D eigenvalue weighted by Crippen LogP contribution is 2.56. The molecule has 1 fully saturated rings. The fourth-order valence-corrected chi connectivity index (χ4v) is 3.65. The van der Waals surface area contributed by atoms with Gasteiger partial charge in [0.2, 0.25) is 0 Å². The van der Waals surface area contributed by atoms with Crippen LogP contribution in [0.25, 0.3) is 0 Å². The van der Waals surface area contributed by atoms with Crippen LogP contribution in [0.15, 0.2) is 23.3 Å². The summed E-state index contributed by atoms with van der Waals surface area (Å²) in [5.74, 6) is 3.80. The maximum atomic E-state index is 2.55. The summed E-state index contributed by atoms with van der Waals surface area (Å²) in [7, 11) is 0. The quantitative estimate of drug-likeness (QED) is 0.477. The number of allylic oxidation sites excluding steroid dienone is 4. The van der Waals surface area contributed by atoms with E-state index in [0.717, 1.165) is 23.7 Å². The molecular formula is C12H16. The fourth-order valence-electron chi connectivity index (χ4n) is 3.65. The van der Waals surface area contributed by atoms with Crippen molar-refractivity contribution in [2.75, 3.05) is 0 Å². The molecule has 0 aromatic rings. The van der Waals surface area contributed by atoms with Crippen LogP contribution in [-0.2, 0) is 0 Å². The maximum absolute atomic E-state index is 2.55. The van der Waals surface area contributed by atoms with Crippen molar-refractivity contribution in [3.63, 3.8) is 0 Å². The first-order chi connectivity index (χ1) is 5.75. The number of fused-ring (bicyclic) bond motifs is 5. The van der Waals surface area contributed by atoms with E-state index in [4.69, 9.17) is 0 Å². The van der Waals surface area contributed by atoms with Gasteiger partial charge in [0, 0.05) is 0 Å². The fraction of sp³-hybridized carbons (Fsp3) is 0.667. The molecule has 0 nitrogen and oxygen atoms in total. The summed E-state index contributed by atoms with van der Waals surface area (Å²) in [6.07, 6.45) is 7.94. The lowest BCUT2D eigenvalue weighted by atomic mass is 9.82. The lowest BCUT2D eigenvalue weighted by Gasteiger charge is -2.22. The number of hydrogen-bond acceptors (Lipinski definition) is 0. The normalized spacial score (nSPS) is 49.2. The van der Waals surface area contributed by atoms with E-state index < -0.39 is 0 Å². The summed E-state index contributed by atoms with van der Waals surface area (Å²) in [5, 5.41) is 0. The molecule has 12 heavy (non-hydrogen) atoms. The van der Waals surface area contributed by atoms with Crippen LogP contribution in [0.1, 0.15) is 26.7 Å². The SMILES string of the molecule is CC1=C[C@H]2[C@H](C1)[C@@H]1C=C(C)[C@@H]2C1. The molecule has 0 heterocycles. The Hall–Kier alpha value is -0.520. The molecule has 0 N–H and O–H groups in total. The van der Waals surface area contributed by atoms with Gasteiger partial charge < -0.3 is 0 Å². The van der Waals surface area contributed by atoms with Crippen molar-refractivity contribution in [2.45, 2.75) is 26.7 Å². The lowest BCUT2D eigenvalue weighted by molar-refractivity contribution is 0.386. The van der Waals surface area contributed by atoms with Crippen LogP contribution >= 0.6 is 0 Å². The minimum absolute atomic E-state index is 0.928. The van der Waals surface area contributed by atoms with Crippen molar-refractivity contribution in [3.8, 4) is 0 Å². The maximum Gasteiger partial charge on any atom is -0.0128 e. The summed E-state index contributed by atoms with van der Waals surface area (Å²) in [6.45, 7) is 4.62. The van der Waals surface area contributed by atoms with Crippen LogP contribution in [-0.4, -0.2) is 0 Å². The van der Waals surface area contributed by atoms with E-state index in [2.05, 4.69) is 26.0 Å². The van der Waals surface area contributed by atoms with Crippen LogP contribution < -0.4 is 0 Å². The average molecular weight is 160 g/mol. The van der Waals surface area contributed by atoms with Gasteiger partial charge in [0.05, 0.1) is 0 Å². The summed E-state index contributed by atoms with van der Waals surface area (Å²) < 4.78 is 0. The molecule has 0 unspecified atom stereocenters. The summed E-state index contributed by atoms with van der Waals surface area (Å²) in [6, 6.07) is 0. The zero-order valence-electron chi connectivity index (χ0n) is 7.88. The first-order valence-corrected chi connectivity index (χ1v) is 5.11. The monoisotopic (exact) mass is 160 g/mol. The second-order valence-electron chi connectivity index (χ2n) is 4.88. The van der Waals surface area contributed by atoms with Gasteiger partial charge in [-0.1, -0.05) is 23.3 Å². The minimum Gasteiger partial charge on any atom is -0.0819 e. The lowest BCUT2D eigenvalue weighted by Crippen LogP contribution is -2.15. The van der Waals surface area contributed by atoms with Gasteiger partial charge in [-0.2, -0.15) is 0 Å². The molecule has 0 aliphatic heterocycles. The molecule has 1 saturated carbocycles. The summed E-state index contributed by atoms with van der Waals surface area (Å²) >= 11 is 0. The van der Waals surface area contributed by atoms with Crippen LogP contribution in [0.3, 0.4) is 0 Å². The molecule has 3 aliphatic rings. The standard InChI is InChI=1S/C12H16/c1-7-3-11-9-5-8(2)10(6-9)12(11)4-7/h4-5,9-12H,3,6H2,1-2H3/t9-,10+,11-,12-/m1/s1. The van der Waals surface area contributed by atoms with Crippen LogP contribution in [0.2, 0.25) is 0 Å². The molecule has 3 rings (SSSR count). The van der Waals surface area contributed by atoms with Gasteiger partial charge >= 0.3 is 0 Å². The largest absolute Gasteiger partial charge is 0.0819 e. The minimum atomic E-state index is 0.928.